The second-order valence-electron chi connectivity index (χ2n) is 10.9. The molecule has 0 amide bonds. The third-order valence-corrected chi connectivity index (χ3v) is 18.3. The van der Waals surface area contributed by atoms with Crippen LogP contribution < -0.4 is 25.6 Å². The predicted molar refractivity (Wildman–Crippen MR) is 183 cm³/mol. The van der Waals surface area contributed by atoms with E-state index in [2.05, 4.69) is 130 Å². The molecule has 43 heavy (non-hydrogen) atoms. The average molecular weight is 653 g/mol. The number of fused-ring (bicyclic) bond motifs is 1. The molecule has 0 fully saturated rings. The standard InChI is InChI=1S/C37H35BrNO3P/c38-43(33-16-7-2-8-17-33,34-18-9-3-10-19-34,35-20-11-4-12-21-35)25-13-22-37(40)41-28-30-23-24-36-31(26-30)27-39(29-42-36)32-14-5-1-6-15-32/h1-12,14-21,23-24,26H,13,22,25,27-29H2. The molecule has 0 atom stereocenters. The van der Waals surface area contributed by atoms with Gasteiger partial charge in [0.2, 0.25) is 0 Å². The first-order valence-corrected chi connectivity index (χ1v) is 19.1. The zero-order chi connectivity index (χ0) is 29.6. The Morgan fingerprint density at radius 3 is 1.84 bits per heavy atom. The van der Waals surface area contributed by atoms with Crippen LogP contribution in [0.25, 0.3) is 0 Å². The van der Waals surface area contributed by atoms with E-state index in [1.807, 2.05) is 30.3 Å². The molecule has 1 heterocycles. The summed E-state index contributed by atoms with van der Waals surface area (Å²) in [4.78, 5) is 15.3. The molecule has 0 unspecified atom stereocenters. The van der Waals surface area contributed by atoms with Gasteiger partial charge in [0.05, 0.1) is 0 Å². The Bertz CT molecular complexity index is 1570. The third kappa shape index (κ3) is 5.98. The number of rotatable bonds is 10. The Morgan fingerprint density at radius 1 is 0.744 bits per heavy atom. The van der Waals surface area contributed by atoms with Gasteiger partial charge >= 0.3 is 232 Å². The number of halogens is 1. The van der Waals surface area contributed by atoms with E-state index in [9.17, 15) is 4.79 Å². The maximum atomic E-state index is 13.1. The number of benzene rings is 5. The van der Waals surface area contributed by atoms with Gasteiger partial charge in [0, 0.05) is 0 Å². The zero-order valence-electron chi connectivity index (χ0n) is 24.0. The number of carbonyl (C=O) groups excluding carboxylic acids is 1. The number of hydrogen-bond acceptors (Lipinski definition) is 4. The number of para-hydroxylation sites is 1. The van der Waals surface area contributed by atoms with Gasteiger partial charge in [-0.05, 0) is 12.1 Å². The Balaban J connectivity index is 1.16. The molecule has 5 aromatic rings. The zero-order valence-corrected chi connectivity index (χ0v) is 26.5. The normalized spacial score (nSPS) is 13.7. The van der Waals surface area contributed by atoms with Crippen molar-refractivity contribution in [2.24, 2.45) is 0 Å². The van der Waals surface area contributed by atoms with Crippen LogP contribution in [0.2, 0.25) is 0 Å². The summed E-state index contributed by atoms with van der Waals surface area (Å²) in [5, 5.41) is 0.690. The number of anilines is 1. The average Bonchev–Trinajstić information content (AvgIpc) is 3.08. The Morgan fingerprint density at radius 2 is 1.28 bits per heavy atom. The molecule has 0 radical (unpaired) electrons. The van der Waals surface area contributed by atoms with E-state index in [1.54, 1.807) is 0 Å². The molecule has 1 aliphatic rings. The Kier molecular flexibility index (Phi) is 8.65. The van der Waals surface area contributed by atoms with Crippen LogP contribution >= 0.6 is 20.8 Å². The minimum absolute atomic E-state index is 0.188. The molecule has 5 aromatic carbocycles. The molecule has 0 aromatic heterocycles. The van der Waals surface area contributed by atoms with Crippen molar-refractivity contribution in [1.82, 2.24) is 0 Å². The predicted octanol–water partition coefficient (Wildman–Crippen LogP) is 7.71. The van der Waals surface area contributed by atoms with Gasteiger partial charge in [-0.2, -0.15) is 0 Å². The fourth-order valence-electron chi connectivity index (χ4n) is 6.00. The number of nitrogens with zero attached hydrogens (tertiary/aromatic N) is 1. The first kappa shape index (κ1) is 29.2. The van der Waals surface area contributed by atoms with Crippen molar-refractivity contribution in [2.45, 2.75) is 26.0 Å². The van der Waals surface area contributed by atoms with E-state index < -0.39 is 5.31 Å². The van der Waals surface area contributed by atoms with E-state index in [0.29, 0.717) is 19.6 Å². The third-order valence-electron chi connectivity index (χ3n) is 8.23. The summed E-state index contributed by atoms with van der Waals surface area (Å²) in [6, 6.07) is 48.3. The first-order valence-electron chi connectivity index (χ1n) is 14.6. The number of ether oxygens (including phenoxy) is 2. The summed E-state index contributed by atoms with van der Waals surface area (Å²) in [7, 11) is 0. The van der Waals surface area contributed by atoms with Crippen molar-refractivity contribution in [3.05, 3.63) is 151 Å². The molecule has 0 saturated carbocycles. The summed E-state index contributed by atoms with van der Waals surface area (Å²) in [5.74, 6) is 0.695. The Labute approximate surface area is 262 Å². The van der Waals surface area contributed by atoms with Gasteiger partial charge in [0.25, 0.3) is 0 Å². The molecule has 0 spiro atoms. The second kappa shape index (κ2) is 12.8. The number of hydrogen-bond donors (Lipinski definition) is 0. The molecule has 1 aliphatic heterocycles. The minimum atomic E-state index is -3.06. The molecule has 218 valence electrons. The van der Waals surface area contributed by atoms with Crippen LogP contribution in [0.4, 0.5) is 5.69 Å². The van der Waals surface area contributed by atoms with Crippen molar-refractivity contribution >= 4 is 48.4 Å². The van der Waals surface area contributed by atoms with Gasteiger partial charge in [0.15, 0.2) is 0 Å². The Hall–Kier alpha value is -3.92. The number of carbonyl (C=O) groups is 1. The number of esters is 1. The maximum absolute atomic E-state index is 13.1. The molecular formula is C37H35BrNO3P. The van der Waals surface area contributed by atoms with Crippen LogP contribution in [0.1, 0.15) is 24.0 Å². The van der Waals surface area contributed by atoms with E-state index in [1.165, 1.54) is 15.9 Å². The first-order chi connectivity index (χ1) is 21.0. The van der Waals surface area contributed by atoms with Gasteiger partial charge in [-0.1, -0.05) is 18.2 Å². The van der Waals surface area contributed by atoms with E-state index in [0.717, 1.165) is 35.3 Å². The summed E-state index contributed by atoms with van der Waals surface area (Å²) in [6.45, 7) is 1.50. The molecule has 6 heteroatoms. The summed E-state index contributed by atoms with van der Waals surface area (Å²) in [5.41, 5.74) is 3.17. The quantitative estimate of drug-likeness (QED) is 0.115. The topological polar surface area (TPSA) is 38.8 Å². The van der Waals surface area contributed by atoms with E-state index in [-0.39, 0.29) is 12.6 Å². The molecule has 0 saturated heterocycles. The van der Waals surface area contributed by atoms with E-state index in [4.69, 9.17) is 9.47 Å². The van der Waals surface area contributed by atoms with Gasteiger partial charge in [0.1, 0.15) is 0 Å². The molecule has 0 aliphatic carbocycles. The van der Waals surface area contributed by atoms with Crippen molar-refractivity contribution in [2.75, 3.05) is 17.8 Å². The van der Waals surface area contributed by atoms with Gasteiger partial charge in [-0.15, -0.1) is 0 Å². The van der Waals surface area contributed by atoms with Crippen molar-refractivity contribution in [3.63, 3.8) is 0 Å². The second-order valence-corrected chi connectivity index (χ2v) is 20.0. The van der Waals surface area contributed by atoms with E-state index >= 15 is 0 Å². The van der Waals surface area contributed by atoms with Gasteiger partial charge in [-0.25, -0.2) is 0 Å². The molecule has 4 nitrogen and oxygen atoms in total. The van der Waals surface area contributed by atoms with Gasteiger partial charge < -0.3 is 0 Å². The van der Waals surface area contributed by atoms with Crippen LogP contribution in [0.15, 0.2) is 140 Å². The van der Waals surface area contributed by atoms with Crippen LogP contribution in [-0.4, -0.2) is 18.9 Å². The van der Waals surface area contributed by atoms with Crippen LogP contribution in [0.3, 0.4) is 0 Å². The van der Waals surface area contributed by atoms with Crippen molar-refractivity contribution < 1.29 is 14.3 Å². The monoisotopic (exact) mass is 651 g/mol. The van der Waals surface area contributed by atoms with Gasteiger partial charge in [-0.3, -0.25) is 0 Å². The fraction of sp³-hybridized carbons (Fsp3) is 0.162. The molecular weight excluding hydrogens is 617 g/mol. The molecule has 6 rings (SSSR count). The van der Waals surface area contributed by atoms with Crippen molar-refractivity contribution in [1.29, 1.82) is 0 Å². The summed E-state index contributed by atoms with van der Waals surface area (Å²) in [6.07, 6.45) is 1.82. The molecule has 0 N–H and O–H groups in total. The van der Waals surface area contributed by atoms with Crippen LogP contribution in [0, 0.1) is 0 Å². The van der Waals surface area contributed by atoms with Crippen LogP contribution in [0.5, 0.6) is 5.75 Å². The summed E-state index contributed by atoms with van der Waals surface area (Å²) >= 11 is 4.46. The van der Waals surface area contributed by atoms with Crippen molar-refractivity contribution in [3.8, 4) is 5.75 Å². The molecule has 0 bridgehead atoms. The SMILES string of the molecule is O=C(CCCP(Br)(c1ccccc1)(c1ccccc1)c1ccccc1)OCc1ccc2c(c1)CN(c1ccccc1)CO2. The summed E-state index contributed by atoms with van der Waals surface area (Å²) < 4.78 is 11.8. The fourth-order valence-corrected chi connectivity index (χ4v) is 13.7. The van der Waals surface area contributed by atoms with Crippen LogP contribution in [-0.2, 0) is 22.7 Å².